The lowest BCUT2D eigenvalue weighted by molar-refractivity contribution is 0.0288. The maximum absolute atomic E-state index is 6.48. The van der Waals surface area contributed by atoms with Crippen molar-refractivity contribution in [3.05, 3.63) is 118 Å². The van der Waals surface area contributed by atoms with Crippen molar-refractivity contribution in [2.45, 2.75) is 113 Å². The van der Waals surface area contributed by atoms with E-state index in [0.29, 0.717) is 11.3 Å². The van der Waals surface area contributed by atoms with E-state index in [0.717, 1.165) is 12.2 Å². The first-order chi connectivity index (χ1) is 19.2. The quantitative estimate of drug-likeness (QED) is 0.272. The molecule has 3 rings (SSSR count). The number of ether oxygens (including phenoxy) is 1. The van der Waals surface area contributed by atoms with E-state index in [1.165, 1.54) is 60.0 Å². The molecule has 0 saturated heterocycles. The van der Waals surface area contributed by atoms with Crippen LogP contribution in [0.15, 0.2) is 118 Å². The summed E-state index contributed by atoms with van der Waals surface area (Å²) in [6, 6.07) is 0. The molecule has 1 heteroatoms. The molecule has 2 saturated carbocycles. The van der Waals surface area contributed by atoms with Crippen LogP contribution < -0.4 is 0 Å². The summed E-state index contributed by atoms with van der Waals surface area (Å²) in [6.45, 7) is 22.7. The van der Waals surface area contributed by atoms with Gasteiger partial charge in [-0.3, -0.25) is 0 Å². The van der Waals surface area contributed by atoms with Gasteiger partial charge in [0.25, 0.3) is 0 Å². The van der Waals surface area contributed by atoms with E-state index in [1.54, 1.807) is 5.57 Å². The molecule has 2 fully saturated rings. The Morgan fingerprint density at radius 1 is 0.707 bits per heavy atom. The molecule has 0 radical (unpaired) electrons. The van der Waals surface area contributed by atoms with Crippen LogP contribution in [0.3, 0.4) is 0 Å². The van der Waals surface area contributed by atoms with Crippen molar-refractivity contribution in [3.63, 3.8) is 0 Å². The zero-order valence-corrected chi connectivity index (χ0v) is 27.7. The van der Waals surface area contributed by atoms with E-state index in [1.807, 2.05) is 0 Å². The first-order valence-corrected chi connectivity index (χ1v) is 15.8. The van der Waals surface area contributed by atoms with Gasteiger partial charge in [0.2, 0.25) is 0 Å². The summed E-state index contributed by atoms with van der Waals surface area (Å²) in [5.41, 5.74) is 8.37. The number of fused-ring (bicyclic) bond motifs is 1. The Bertz CT molecular complexity index is 1260. The fourth-order valence-corrected chi connectivity index (χ4v) is 6.69. The predicted molar refractivity (Wildman–Crippen MR) is 181 cm³/mol. The SMILES string of the molecule is CC(/C=C/C=C(C)/C=C/C=C/C(C)=C/C=C/C(C)=C/C=C1\C(C)CCCC1(C)C)=C1\C=C2C(C)(C)CCCC2(C)O1. The van der Waals surface area contributed by atoms with Gasteiger partial charge in [-0.1, -0.05) is 136 Å². The zero-order chi connectivity index (χ0) is 30.3. The Balaban J connectivity index is 1.53. The molecule has 222 valence electrons. The third-order valence-electron chi connectivity index (χ3n) is 9.28. The van der Waals surface area contributed by atoms with Gasteiger partial charge in [0.1, 0.15) is 11.4 Å². The van der Waals surface area contributed by atoms with E-state index in [4.69, 9.17) is 4.74 Å². The zero-order valence-electron chi connectivity index (χ0n) is 27.7. The summed E-state index contributed by atoms with van der Waals surface area (Å²) in [5, 5.41) is 0. The van der Waals surface area contributed by atoms with Crippen LogP contribution in [0, 0.1) is 16.7 Å². The van der Waals surface area contributed by atoms with Gasteiger partial charge in [0, 0.05) is 0 Å². The Kier molecular flexibility index (Phi) is 11.1. The summed E-state index contributed by atoms with van der Waals surface area (Å²) in [7, 11) is 0. The molecule has 0 amide bonds. The second kappa shape index (κ2) is 13.9. The lowest BCUT2D eigenvalue weighted by atomic mass is 9.67. The van der Waals surface area contributed by atoms with Crippen LogP contribution in [0.5, 0.6) is 0 Å². The van der Waals surface area contributed by atoms with Gasteiger partial charge in [-0.2, -0.15) is 0 Å². The molecule has 2 unspecified atom stereocenters. The van der Waals surface area contributed by atoms with Crippen LogP contribution in [0.4, 0.5) is 0 Å². The Morgan fingerprint density at radius 2 is 1.27 bits per heavy atom. The fraction of sp³-hybridized carbons (Fsp3) is 0.500. The van der Waals surface area contributed by atoms with Crippen molar-refractivity contribution in [1.82, 2.24) is 0 Å². The largest absolute Gasteiger partial charge is 0.483 e. The Labute approximate surface area is 252 Å². The highest BCUT2D eigenvalue weighted by Gasteiger charge is 2.47. The highest BCUT2D eigenvalue weighted by Crippen LogP contribution is 2.52. The first kappa shape index (κ1) is 32.7. The van der Waals surface area contributed by atoms with Gasteiger partial charge >= 0.3 is 0 Å². The van der Waals surface area contributed by atoms with Crippen molar-refractivity contribution in [2.75, 3.05) is 0 Å². The molecule has 0 N–H and O–H groups in total. The number of rotatable bonds is 8. The molecule has 1 aliphatic heterocycles. The second-order valence-corrected chi connectivity index (χ2v) is 14.1. The van der Waals surface area contributed by atoms with Crippen molar-refractivity contribution in [3.8, 4) is 0 Å². The van der Waals surface area contributed by atoms with Gasteiger partial charge in [-0.25, -0.2) is 0 Å². The molecule has 2 aliphatic carbocycles. The van der Waals surface area contributed by atoms with Crippen molar-refractivity contribution in [1.29, 1.82) is 0 Å². The summed E-state index contributed by atoms with van der Waals surface area (Å²) in [6.07, 6.45) is 36.0. The molecule has 0 aromatic heterocycles. The second-order valence-electron chi connectivity index (χ2n) is 14.1. The van der Waals surface area contributed by atoms with Crippen molar-refractivity contribution < 1.29 is 4.74 Å². The topological polar surface area (TPSA) is 9.23 Å². The van der Waals surface area contributed by atoms with E-state index in [2.05, 4.69) is 148 Å². The van der Waals surface area contributed by atoms with Crippen LogP contribution in [0.1, 0.15) is 108 Å². The number of allylic oxidation sites excluding steroid dienone is 18. The van der Waals surface area contributed by atoms with Gasteiger partial charge in [-0.05, 0) is 101 Å². The molecule has 1 heterocycles. The van der Waals surface area contributed by atoms with Gasteiger partial charge in [-0.15, -0.1) is 0 Å². The minimum Gasteiger partial charge on any atom is -0.483 e. The van der Waals surface area contributed by atoms with Crippen LogP contribution in [-0.4, -0.2) is 5.60 Å². The van der Waals surface area contributed by atoms with Crippen LogP contribution in [0.2, 0.25) is 0 Å². The molecular weight excluding hydrogens is 496 g/mol. The first-order valence-electron chi connectivity index (χ1n) is 15.8. The minimum absolute atomic E-state index is 0.131. The lowest BCUT2D eigenvalue weighted by Crippen LogP contribution is -2.38. The van der Waals surface area contributed by atoms with Gasteiger partial charge < -0.3 is 4.74 Å². The summed E-state index contributed by atoms with van der Waals surface area (Å²) >= 11 is 0. The number of hydrogen-bond acceptors (Lipinski definition) is 1. The highest BCUT2D eigenvalue weighted by atomic mass is 16.5. The standard InChI is InChI=1S/C40H56O/c1-30(19-13-20-32(3)24-25-35-33(4)23-15-26-38(35,6)7)17-11-12-18-31(2)21-14-22-34(5)36-29-37-39(8,9)27-16-28-40(37,10)41-36/h11-14,17-22,24-25,29,33H,15-16,23,26-28H2,1-10H3/b17-11+,18-12+,20-13+,22-14+,30-19+,31-21+,32-24+,35-25+,36-34-. The summed E-state index contributed by atoms with van der Waals surface area (Å²) in [5.74, 6) is 1.72. The third-order valence-corrected chi connectivity index (χ3v) is 9.28. The lowest BCUT2D eigenvalue weighted by Gasteiger charge is -2.42. The van der Waals surface area contributed by atoms with Crippen molar-refractivity contribution in [2.24, 2.45) is 16.7 Å². The maximum atomic E-state index is 6.48. The van der Waals surface area contributed by atoms with Crippen LogP contribution >= 0.6 is 0 Å². The normalized spacial score (nSPS) is 29.6. The molecule has 41 heavy (non-hydrogen) atoms. The fourth-order valence-electron chi connectivity index (χ4n) is 6.69. The molecule has 1 nitrogen and oxygen atoms in total. The molecule has 0 aromatic carbocycles. The monoisotopic (exact) mass is 552 g/mol. The Morgan fingerprint density at radius 3 is 1.88 bits per heavy atom. The van der Waals surface area contributed by atoms with Crippen LogP contribution in [0.25, 0.3) is 0 Å². The van der Waals surface area contributed by atoms with E-state index in [-0.39, 0.29) is 11.0 Å². The minimum atomic E-state index is -0.131. The molecule has 0 spiro atoms. The predicted octanol–water partition coefficient (Wildman–Crippen LogP) is 12.0. The average Bonchev–Trinajstić information content (AvgIpc) is 3.25. The molecule has 0 bridgehead atoms. The smallest absolute Gasteiger partial charge is 0.128 e. The van der Waals surface area contributed by atoms with Gasteiger partial charge in [0.15, 0.2) is 0 Å². The number of hydrogen-bond donors (Lipinski definition) is 0. The van der Waals surface area contributed by atoms with Gasteiger partial charge in [0.05, 0.1) is 0 Å². The highest BCUT2D eigenvalue weighted by molar-refractivity contribution is 5.43. The van der Waals surface area contributed by atoms with E-state index >= 15 is 0 Å². The molecular formula is C40H56O. The van der Waals surface area contributed by atoms with Crippen molar-refractivity contribution >= 4 is 0 Å². The van der Waals surface area contributed by atoms with E-state index in [9.17, 15) is 0 Å². The molecule has 2 atom stereocenters. The average molecular weight is 553 g/mol. The molecule has 3 aliphatic rings. The third kappa shape index (κ3) is 9.09. The summed E-state index contributed by atoms with van der Waals surface area (Å²) in [4.78, 5) is 0. The molecule has 0 aromatic rings. The van der Waals surface area contributed by atoms with Crippen LogP contribution in [-0.2, 0) is 4.74 Å². The van der Waals surface area contributed by atoms with E-state index < -0.39 is 0 Å². The Hall–Kier alpha value is -2.80. The summed E-state index contributed by atoms with van der Waals surface area (Å²) < 4.78 is 6.48. The maximum Gasteiger partial charge on any atom is 0.128 e.